The lowest BCUT2D eigenvalue weighted by atomic mass is 10.0. The van der Waals surface area contributed by atoms with Crippen molar-refractivity contribution in [2.75, 3.05) is 0 Å². The molecule has 144 valence electrons. The van der Waals surface area contributed by atoms with E-state index < -0.39 is 0 Å². The van der Waals surface area contributed by atoms with Gasteiger partial charge in [0.05, 0.1) is 17.3 Å². The summed E-state index contributed by atoms with van der Waals surface area (Å²) in [6.07, 6.45) is 4.67. The number of oxazole rings is 1. The molecule has 0 radical (unpaired) electrons. The lowest BCUT2D eigenvalue weighted by Crippen LogP contribution is -2.30. The van der Waals surface area contributed by atoms with E-state index in [2.05, 4.69) is 10.3 Å². The number of amides is 1. The number of hydrogen-bond donors (Lipinski definition) is 1. The summed E-state index contributed by atoms with van der Waals surface area (Å²) in [7, 11) is 0. The van der Waals surface area contributed by atoms with Gasteiger partial charge in [-0.3, -0.25) is 4.79 Å². The standard InChI is InChI=1S/C22H20Cl2N2O2/c23-16-9-7-15(8-10-16)22(14-5-6-14)26-20(27)11-12-21-25-13-19(28-21)17-3-1-2-4-18(17)24/h1-4,7-10,13-14,22H,5-6,11-12H2,(H,26,27). The first-order chi connectivity index (χ1) is 13.6. The molecule has 1 heterocycles. The third-order valence-electron chi connectivity index (χ3n) is 4.90. The molecule has 1 saturated carbocycles. The Kier molecular flexibility index (Phi) is 5.69. The molecule has 1 aromatic heterocycles. The largest absolute Gasteiger partial charge is 0.441 e. The van der Waals surface area contributed by atoms with Gasteiger partial charge in [-0.25, -0.2) is 4.98 Å². The number of nitrogens with zero attached hydrogens (tertiary/aromatic N) is 1. The Labute approximate surface area is 173 Å². The van der Waals surface area contributed by atoms with Crippen LogP contribution in [0.3, 0.4) is 0 Å². The summed E-state index contributed by atoms with van der Waals surface area (Å²) in [5.74, 6) is 1.63. The van der Waals surface area contributed by atoms with Gasteiger partial charge in [0.2, 0.25) is 5.91 Å². The molecule has 0 spiro atoms. The maximum atomic E-state index is 12.5. The van der Waals surface area contributed by atoms with Crippen molar-refractivity contribution in [3.63, 3.8) is 0 Å². The molecule has 1 amide bonds. The Morgan fingerprint density at radius 3 is 2.61 bits per heavy atom. The highest BCUT2D eigenvalue weighted by molar-refractivity contribution is 6.33. The number of benzene rings is 2. The van der Waals surface area contributed by atoms with Crippen LogP contribution in [0.15, 0.2) is 59.1 Å². The van der Waals surface area contributed by atoms with E-state index in [1.807, 2.05) is 42.5 Å². The van der Waals surface area contributed by atoms with Gasteiger partial charge in [0, 0.05) is 23.4 Å². The first kappa shape index (κ1) is 19.0. The summed E-state index contributed by atoms with van der Waals surface area (Å²) in [5, 5.41) is 4.47. The van der Waals surface area contributed by atoms with E-state index in [4.69, 9.17) is 27.6 Å². The zero-order chi connectivity index (χ0) is 19.5. The molecule has 1 aliphatic carbocycles. The molecule has 4 rings (SSSR count). The predicted molar refractivity (Wildman–Crippen MR) is 110 cm³/mol. The van der Waals surface area contributed by atoms with Gasteiger partial charge in [0.25, 0.3) is 0 Å². The monoisotopic (exact) mass is 414 g/mol. The number of halogens is 2. The van der Waals surface area contributed by atoms with Gasteiger partial charge >= 0.3 is 0 Å². The minimum Gasteiger partial charge on any atom is -0.441 e. The average Bonchev–Trinajstić information content (AvgIpc) is 3.43. The highest BCUT2D eigenvalue weighted by Gasteiger charge is 2.33. The minimum absolute atomic E-state index is 0.00987. The Morgan fingerprint density at radius 2 is 1.89 bits per heavy atom. The molecule has 4 nitrogen and oxygen atoms in total. The fourth-order valence-corrected chi connectivity index (χ4v) is 3.61. The molecule has 28 heavy (non-hydrogen) atoms. The number of nitrogens with one attached hydrogen (secondary N) is 1. The van der Waals surface area contributed by atoms with Crippen molar-refractivity contribution in [3.8, 4) is 11.3 Å². The van der Waals surface area contributed by atoms with Gasteiger partial charge in [-0.15, -0.1) is 0 Å². The van der Waals surface area contributed by atoms with Gasteiger partial charge in [-0.2, -0.15) is 0 Å². The van der Waals surface area contributed by atoms with Crippen molar-refractivity contribution in [3.05, 3.63) is 76.2 Å². The van der Waals surface area contributed by atoms with Gasteiger partial charge in [-0.05, 0) is 48.6 Å². The number of aromatic nitrogens is 1. The van der Waals surface area contributed by atoms with E-state index in [0.717, 1.165) is 24.0 Å². The van der Waals surface area contributed by atoms with E-state index in [1.165, 1.54) is 0 Å². The maximum Gasteiger partial charge on any atom is 0.221 e. The topological polar surface area (TPSA) is 55.1 Å². The van der Waals surface area contributed by atoms with E-state index >= 15 is 0 Å². The van der Waals surface area contributed by atoms with Crippen LogP contribution in [0, 0.1) is 5.92 Å². The van der Waals surface area contributed by atoms with Crippen LogP contribution in [0.2, 0.25) is 10.0 Å². The number of carbonyl (C=O) groups excluding carboxylic acids is 1. The molecule has 1 fully saturated rings. The first-order valence-electron chi connectivity index (χ1n) is 9.34. The zero-order valence-electron chi connectivity index (χ0n) is 15.2. The molecule has 1 aliphatic rings. The molecule has 1 N–H and O–H groups in total. The SMILES string of the molecule is O=C(CCc1ncc(-c2ccccc2Cl)o1)NC(c1ccc(Cl)cc1)C1CC1. The van der Waals surface area contributed by atoms with Gasteiger partial charge in [0.1, 0.15) is 0 Å². The van der Waals surface area contributed by atoms with Crippen LogP contribution >= 0.6 is 23.2 Å². The fourth-order valence-electron chi connectivity index (χ4n) is 3.25. The number of hydrogen-bond acceptors (Lipinski definition) is 3. The molecule has 1 atom stereocenters. The molecule has 0 aliphatic heterocycles. The molecule has 2 aromatic carbocycles. The molecule has 0 bridgehead atoms. The number of rotatable bonds is 7. The molecular weight excluding hydrogens is 395 g/mol. The van der Waals surface area contributed by atoms with E-state index in [-0.39, 0.29) is 11.9 Å². The smallest absolute Gasteiger partial charge is 0.221 e. The third kappa shape index (κ3) is 4.57. The summed E-state index contributed by atoms with van der Waals surface area (Å²) in [6, 6.07) is 15.2. The molecular formula is C22H20Cl2N2O2. The molecule has 6 heteroatoms. The fraction of sp³-hybridized carbons (Fsp3) is 0.273. The molecule has 1 unspecified atom stereocenters. The minimum atomic E-state index is -0.00987. The third-order valence-corrected chi connectivity index (χ3v) is 5.48. The van der Waals surface area contributed by atoms with E-state index in [9.17, 15) is 4.79 Å². The van der Waals surface area contributed by atoms with Crippen molar-refractivity contribution in [2.24, 2.45) is 5.92 Å². The second kappa shape index (κ2) is 8.38. The summed E-state index contributed by atoms with van der Waals surface area (Å²) in [5.41, 5.74) is 1.89. The highest BCUT2D eigenvalue weighted by Crippen LogP contribution is 2.41. The highest BCUT2D eigenvalue weighted by atomic mass is 35.5. The Hall–Kier alpha value is -2.30. The second-order valence-corrected chi connectivity index (χ2v) is 7.88. The quantitative estimate of drug-likeness (QED) is 0.527. The normalized spacial score (nSPS) is 14.6. The summed E-state index contributed by atoms with van der Waals surface area (Å²) in [4.78, 5) is 16.8. The lowest BCUT2D eigenvalue weighted by molar-refractivity contribution is -0.122. The summed E-state index contributed by atoms with van der Waals surface area (Å²) in [6.45, 7) is 0. The number of aryl methyl sites for hydroxylation is 1. The van der Waals surface area contributed by atoms with Crippen LogP contribution in [0.1, 0.15) is 36.8 Å². The van der Waals surface area contributed by atoms with E-state index in [1.54, 1.807) is 12.3 Å². The zero-order valence-corrected chi connectivity index (χ0v) is 16.7. The van der Waals surface area contributed by atoms with Crippen LogP contribution in [-0.4, -0.2) is 10.9 Å². The Bertz CT molecular complexity index is 965. The maximum absolute atomic E-state index is 12.5. The van der Waals surface area contributed by atoms with E-state index in [0.29, 0.717) is 40.5 Å². The number of carbonyl (C=O) groups is 1. The van der Waals surface area contributed by atoms with Crippen LogP contribution in [0.25, 0.3) is 11.3 Å². The van der Waals surface area contributed by atoms with Crippen molar-refractivity contribution in [1.82, 2.24) is 10.3 Å². The van der Waals surface area contributed by atoms with Crippen LogP contribution in [0.4, 0.5) is 0 Å². The Morgan fingerprint density at radius 1 is 1.14 bits per heavy atom. The van der Waals surface area contributed by atoms with Gasteiger partial charge in [0.15, 0.2) is 11.7 Å². The van der Waals surface area contributed by atoms with Crippen LogP contribution in [-0.2, 0) is 11.2 Å². The van der Waals surface area contributed by atoms with Crippen molar-refractivity contribution in [1.29, 1.82) is 0 Å². The summed E-state index contributed by atoms with van der Waals surface area (Å²) < 4.78 is 5.77. The van der Waals surface area contributed by atoms with Crippen molar-refractivity contribution in [2.45, 2.75) is 31.7 Å². The van der Waals surface area contributed by atoms with Crippen molar-refractivity contribution >= 4 is 29.1 Å². The second-order valence-electron chi connectivity index (χ2n) is 7.03. The predicted octanol–water partition coefficient (Wildman–Crippen LogP) is 5.85. The molecule has 0 saturated heterocycles. The van der Waals surface area contributed by atoms with Crippen molar-refractivity contribution < 1.29 is 9.21 Å². The van der Waals surface area contributed by atoms with Gasteiger partial charge in [-0.1, -0.05) is 47.5 Å². The Balaban J connectivity index is 1.36. The van der Waals surface area contributed by atoms with Crippen LogP contribution < -0.4 is 5.32 Å². The average molecular weight is 415 g/mol. The van der Waals surface area contributed by atoms with Crippen LogP contribution in [0.5, 0.6) is 0 Å². The van der Waals surface area contributed by atoms with Gasteiger partial charge < -0.3 is 9.73 Å². The summed E-state index contributed by atoms with van der Waals surface area (Å²) >= 11 is 12.2. The first-order valence-corrected chi connectivity index (χ1v) is 10.1. The molecule has 3 aromatic rings. The lowest BCUT2D eigenvalue weighted by Gasteiger charge is -2.18.